The summed E-state index contributed by atoms with van der Waals surface area (Å²) in [6, 6.07) is 4.84. The lowest BCUT2D eigenvalue weighted by molar-refractivity contribution is -0.149. The molecular weight excluding hydrogens is 261 g/mol. The number of piperidine rings is 1. The molecule has 1 fully saturated rings. The summed E-state index contributed by atoms with van der Waals surface area (Å²) < 4.78 is 17.9. The second kappa shape index (κ2) is 6.50. The Labute approximate surface area is 117 Å². The summed E-state index contributed by atoms with van der Waals surface area (Å²) in [5, 5.41) is 0. The topological polar surface area (TPSA) is 46.6 Å². The minimum Gasteiger partial charge on any atom is -0.464 e. The van der Waals surface area contributed by atoms with Gasteiger partial charge < -0.3 is 9.64 Å². The maximum absolute atomic E-state index is 12.9. The Morgan fingerprint density at radius 2 is 2.00 bits per heavy atom. The van der Waals surface area contributed by atoms with Gasteiger partial charge in [-0.3, -0.25) is 4.79 Å². The van der Waals surface area contributed by atoms with E-state index in [1.165, 1.54) is 29.2 Å². The molecule has 0 bridgehead atoms. The van der Waals surface area contributed by atoms with Gasteiger partial charge in [-0.05, 0) is 50.5 Å². The van der Waals surface area contributed by atoms with E-state index in [0.717, 1.165) is 12.8 Å². The zero-order valence-electron chi connectivity index (χ0n) is 11.5. The summed E-state index contributed by atoms with van der Waals surface area (Å²) in [6.45, 7) is 2.57. The Hall–Kier alpha value is -1.91. The molecule has 1 heterocycles. The van der Waals surface area contributed by atoms with Crippen LogP contribution in [0.25, 0.3) is 0 Å². The molecule has 5 heteroatoms. The van der Waals surface area contributed by atoms with Gasteiger partial charge in [0.15, 0.2) is 0 Å². The number of ether oxygens (including phenoxy) is 1. The maximum atomic E-state index is 12.9. The minimum atomic E-state index is -0.527. The van der Waals surface area contributed by atoms with E-state index in [9.17, 15) is 14.0 Å². The molecule has 1 aliphatic rings. The SMILES string of the molecule is CCOC(=O)[C@@H]1CCCCN1C(=O)c1ccc(F)cc1. The summed E-state index contributed by atoms with van der Waals surface area (Å²) in [7, 11) is 0. The molecule has 2 rings (SSSR count). The highest BCUT2D eigenvalue weighted by atomic mass is 19.1. The largest absolute Gasteiger partial charge is 0.464 e. The number of hydrogen-bond donors (Lipinski definition) is 0. The predicted molar refractivity (Wildman–Crippen MR) is 71.7 cm³/mol. The van der Waals surface area contributed by atoms with E-state index >= 15 is 0 Å². The molecule has 0 N–H and O–H groups in total. The molecule has 0 aliphatic carbocycles. The monoisotopic (exact) mass is 279 g/mol. The van der Waals surface area contributed by atoms with Crippen LogP contribution in [0.1, 0.15) is 36.5 Å². The summed E-state index contributed by atoms with van der Waals surface area (Å²) in [4.78, 5) is 25.9. The van der Waals surface area contributed by atoms with E-state index < -0.39 is 6.04 Å². The number of amides is 1. The van der Waals surface area contributed by atoms with Crippen molar-refractivity contribution < 1.29 is 18.7 Å². The van der Waals surface area contributed by atoms with Crippen LogP contribution in [0.3, 0.4) is 0 Å². The van der Waals surface area contributed by atoms with Crippen molar-refractivity contribution in [3.63, 3.8) is 0 Å². The smallest absolute Gasteiger partial charge is 0.328 e. The number of likely N-dealkylation sites (tertiary alicyclic amines) is 1. The van der Waals surface area contributed by atoms with Crippen molar-refractivity contribution in [1.29, 1.82) is 0 Å². The predicted octanol–water partition coefficient (Wildman–Crippen LogP) is 2.38. The van der Waals surface area contributed by atoms with Crippen molar-refractivity contribution in [2.24, 2.45) is 0 Å². The van der Waals surface area contributed by atoms with E-state index in [2.05, 4.69) is 0 Å². The Morgan fingerprint density at radius 1 is 1.30 bits per heavy atom. The summed E-state index contributed by atoms with van der Waals surface area (Å²) in [5.74, 6) is -0.993. The van der Waals surface area contributed by atoms with Crippen LogP contribution in [0.15, 0.2) is 24.3 Å². The van der Waals surface area contributed by atoms with Crippen molar-refractivity contribution >= 4 is 11.9 Å². The molecule has 0 radical (unpaired) electrons. The fraction of sp³-hybridized carbons (Fsp3) is 0.467. The average molecular weight is 279 g/mol. The van der Waals surface area contributed by atoms with Crippen molar-refractivity contribution in [1.82, 2.24) is 4.90 Å². The van der Waals surface area contributed by atoms with Gasteiger partial charge in [-0.1, -0.05) is 0 Å². The molecule has 0 spiro atoms. The number of rotatable bonds is 3. The average Bonchev–Trinajstić information content (AvgIpc) is 2.47. The lowest BCUT2D eigenvalue weighted by Gasteiger charge is -2.34. The molecular formula is C15H18FNO3. The van der Waals surface area contributed by atoms with Gasteiger partial charge in [0.2, 0.25) is 0 Å². The van der Waals surface area contributed by atoms with E-state index in [-0.39, 0.29) is 17.7 Å². The number of esters is 1. The third kappa shape index (κ3) is 3.15. The van der Waals surface area contributed by atoms with Crippen LogP contribution >= 0.6 is 0 Å². The lowest BCUT2D eigenvalue weighted by atomic mass is 10.0. The van der Waals surface area contributed by atoms with Crippen molar-refractivity contribution in [2.45, 2.75) is 32.2 Å². The Bertz CT molecular complexity index is 486. The highest BCUT2D eigenvalue weighted by Crippen LogP contribution is 2.21. The third-order valence-electron chi connectivity index (χ3n) is 3.41. The normalized spacial score (nSPS) is 18.7. The van der Waals surface area contributed by atoms with Crippen LogP contribution in [0.2, 0.25) is 0 Å². The molecule has 0 saturated carbocycles. The number of halogens is 1. The fourth-order valence-electron chi connectivity index (χ4n) is 2.42. The molecule has 1 amide bonds. The van der Waals surface area contributed by atoms with Crippen LogP contribution < -0.4 is 0 Å². The number of nitrogens with zero attached hydrogens (tertiary/aromatic N) is 1. The van der Waals surface area contributed by atoms with E-state index in [4.69, 9.17) is 4.74 Å². The van der Waals surface area contributed by atoms with Gasteiger partial charge in [0.05, 0.1) is 6.61 Å². The van der Waals surface area contributed by atoms with Gasteiger partial charge in [0.25, 0.3) is 5.91 Å². The maximum Gasteiger partial charge on any atom is 0.328 e. The van der Waals surface area contributed by atoms with Crippen LogP contribution in [0, 0.1) is 5.82 Å². The molecule has 1 saturated heterocycles. The van der Waals surface area contributed by atoms with Crippen LogP contribution in [-0.2, 0) is 9.53 Å². The molecule has 1 aliphatic heterocycles. The highest BCUT2D eigenvalue weighted by molar-refractivity contribution is 5.96. The first-order valence-electron chi connectivity index (χ1n) is 6.86. The zero-order valence-corrected chi connectivity index (χ0v) is 11.5. The number of carbonyl (C=O) groups excluding carboxylic acids is 2. The first-order valence-corrected chi connectivity index (χ1v) is 6.86. The number of carbonyl (C=O) groups is 2. The van der Waals surface area contributed by atoms with Gasteiger partial charge in [-0.2, -0.15) is 0 Å². The van der Waals surface area contributed by atoms with E-state index in [1.54, 1.807) is 6.92 Å². The minimum absolute atomic E-state index is 0.247. The first kappa shape index (κ1) is 14.5. The highest BCUT2D eigenvalue weighted by Gasteiger charge is 2.33. The molecule has 1 atom stereocenters. The van der Waals surface area contributed by atoms with Crippen LogP contribution in [-0.4, -0.2) is 36.0 Å². The standard InChI is InChI=1S/C15H18FNO3/c1-2-20-15(19)13-5-3-4-10-17(13)14(18)11-6-8-12(16)9-7-11/h6-9,13H,2-5,10H2,1H3/t13-/m0/s1. The molecule has 108 valence electrons. The molecule has 1 aromatic carbocycles. The number of benzene rings is 1. The third-order valence-corrected chi connectivity index (χ3v) is 3.41. The van der Waals surface area contributed by atoms with Gasteiger partial charge in [0, 0.05) is 12.1 Å². The molecule has 0 unspecified atom stereocenters. The number of hydrogen-bond acceptors (Lipinski definition) is 3. The Balaban J connectivity index is 2.16. The summed E-state index contributed by atoms with van der Waals surface area (Å²) in [6.07, 6.45) is 2.38. The van der Waals surface area contributed by atoms with E-state index in [0.29, 0.717) is 25.1 Å². The molecule has 20 heavy (non-hydrogen) atoms. The van der Waals surface area contributed by atoms with Gasteiger partial charge in [-0.15, -0.1) is 0 Å². The Morgan fingerprint density at radius 3 is 2.65 bits per heavy atom. The lowest BCUT2D eigenvalue weighted by Crippen LogP contribution is -2.48. The molecule has 4 nitrogen and oxygen atoms in total. The quantitative estimate of drug-likeness (QED) is 0.798. The Kier molecular flexibility index (Phi) is 4.71. The second-order valence-corrected chi connectivity index (χ2v) is 4.77. The molecule has 0 aromatic heterocycles. The first-order chi connectivity index (χ1) is 9.63. The van der Waals surface area contributed by atoms with Gasteiger partial charge in [-0.25, -0.2) is 9.18 Å². The van der Waals surface area contributed by atoms with Crippen molar-refractivity contribution in [3.05, 3.63) is 35.6 Å². The van der Waals surface area contributed by atoms with Crippen LogP contribution in [0.4, 0.5) is 4.39 Å². The van der Waals surface area contributed by atoms with Crippen LogP contribution in [0.5, 0.6) is 0 Å². The second-order valence-electron chi connectivity index (χ2n) is 4.77. The summed E-state index contributed by atoms with van der Waals surface area (Å²) >= 11 is 0. The van der Waals surface area contributed by atoms with Crippen molar-refractivity contribution in [2.75, 3.05) is 13.2 Å². The van der Waals surface area contributed by atoms with Gasteiger partial charge in [0.1, 0.15) is 11.9 Å². The van der Waals surface area contributed by atoms with E-state index in [1.807, 2.05) is 0 Å². The molecule has 1 aromatic rings. The zero-order chi connectivity index (χ0) is 14.5. The van der Waals surface area contributed by atoms with Gasteiger partial charge >= 0.3 is 5.97 Å². The fourth-order valence-corrected chi connectivity index (χ4v) is 2.42. The van der Waals surface area contributed by atoms with Crippen molar-refractivity contribution in [3.8, 4) is 0 Å². The summed E-state index contributed by atoms with van der Waals surface area (Å²) in [5.41, 5.74) is 0.391.